The van der Waals surface area contributed by atoms with Crippen molar-refractivity contribution in [1.29, 1.82) is 0 Å². The van der Waals surface area contributed by atoms with Crippen molar-refractivity contribution in [3.05, 3.63) is 57.5 Å². The predicted molar refractivity (Wildman–Crippen MR) is 87.5 cm³/mol. The van der Waals surface area contributed by atoms with E-state index < -0.39 is 0 Å². The van der Waals surface area contributed by atoms with Crippen molar-refractivity contribution in [3.63, 3.8) is 0 Å². The zero-order chi connectivity index (χ0) is 14.5. The number of hydrogen-bond donors (Lipinski definition) is 2. The normalized spacial score (nSPS) is 10.2. The average molecular weight is 354 g/mol. The van der Waals surface area contributed by atoms with Gasteiger partial charge in [0.1, 0.15) is 0 Å². The number of nitrogens with one attached hydrogen (secondary N) is 2. The molecule has 1 amide bonds. The fraction of sp³-hybridized carbons (Fsp3) is 0.133. The van der Waals surface area contributed by atoms with Crippen LogP contribution in [0.5, 0.6) is 0 Å². The minimum atomic E-state index is -0.115. The summed E-state index contributed by atoms with van der Waals surface area (Å²) in [7, 11) is 0. The molecule has 0 radical (unpaired) electrons. The highest BCUT2D eigenvalue weighted by Gasteiger charge is 2.06. The van der Waals surface area contributed by atoms with Crippen LogP contribution in [0, 0.1) is 6.92 Å². The molecule has 104 valence electrons. The lowest BCUT2D eigenvalue weighted by molar-refractivity contribution is -0.114. The Morgan fingerprint density at radius 1 is 1.20 bits per heavy atom. The maximum atomic E-state index is 11.9. The maximum absolute atomic E-state index is 11.9. The smallest absolute Gasteiger partial charge is 0.243 e. The summed E-state index contributed by atoms with van der Waals surface area (Å²) < 4.78 is 0.988. The third-order valence-electron chi connectivity index (χ3n) is 2.78. The highest BCUT2D eigenvalue weighted by atomic mass is 79.9. The number of rotatable bonds is 4. The van der Waals surface area contributed by atoms with Crippen LogP contribution in [-0.4, -0.2) is 12.5 Å². The Morgan fingerprint density at radius 3 is 2.65 bits per heavy atom. The minimum Gasteiger partial charge on any atom is -0.375 e. The van der Waals surface area contributed by atoms with Crippen molar-refractivity contribution in [1.82, 2.24) is 0 Å². The Hall–Kier alpha value is -1.52. The van der Waals surface area contributed by atoms with Crippen LogP contribution in [0.3, 0.4) is 0 Å². The Labute approximate surface area is 131 Å². The fourth-order valence-electron chi connectivity index (χ4n) is 1.74. The largest absolute Gasteiger partial charge is 0.375 e. The molecule has 5 heteroatoms. The van der Waals surface area contributed by atoms with E-state index in [4.69, 9.17) is 11.6 Å². The molecule has 20 heavy (non-hydrogen) atoms. The molecule has 0 saturated heterocycles. The van der Waals surface area contributed by atoms with Crippen LogP contribution >= 0.6 is 27.5 Å². The fourth-order valence-corrected chi connectivity index (χ4v) is 2.42. The molecule has 2 aromatic rings. The second kappa shape index (κ2) is 6.77. The SMILES string of the molecule is Cc1cc(Br)ccc1NC(=O)CNc1ccccc1Cl. The topological polar surface area (TPSA) is 41.1 Å². The quantitative estimate of drug-likeness (QED) is 0.852. The molecular weight excluding hydrogens is 340 g/mol. The van der Waals surface area contributed by atoms with Crippen LogP contribution in [0.2, 0.25) is 5.02 Å². The van der Waals surface area contributed by atoms with E-state index in [2.05, 4.69) is 26.6 Å². The summed E-state index contributed by atoms with van der Waals surface area (Å²) in [5, 5.41) is 6.47. The zero-order valence-corrected chi connectivity index (χ0v) is 13.3. The lowest BCUT2D eigenvalue weighted by Gasteiger charge is -2.11. The van der Waals surface area contributed by atoms with E-state index >= 15 is 0 Å². The first kappa shape index (κ1) is 14.9. The molecule has 0 heterocycles. The molecule has 0 atom stereocenters. The van der Waals surface area contributed by atoms with E-state index in [1.165, 1.54) is 0 Å². The van der Waals surface area contributed by atoms with Gasteiger partial charge in [-0.1, -0.05) is 39.7 Å². The van der Waals surface area contributed by atoms with Crippen LogP contribution in [0.1, 0.15) is 5.56 Å². The van der Waals surface area contributed by atoms with Crippen LogP contribution in [0.25, 0.3) is 0 Å². The summed E-state index contributed by atoms with van der Waals surface area (Å²) in [6.07, 6.45) is 0. The monoisotopic (exact) mass is 352 g/mol. The maximum Gasteiger partial charge on any atom is 0.243 e. The number of aryl methyl sites for hydroxylation is 1. The number of carbonyl (C=O) groups is 1. The first-order chi connectivity index (χ1) is 9.56. The highest BCUT2D eigenvalue weighted by molar-refractivity contribution is 9.10. The lowest BCUT2D eigenvalue weighted by atomic mass is 10.2. The molecule has 2 N–H and O–H groups in total. The van der Waals surface area contributed by atoms with Crippen molar-refractivity contribution >= 4 is 44.8 Å². The van der Waals surface area contributed by atoms with E-state index in [0.29, 0.717) is 5.02 Å². The van der Waals surface area contributed by atoms with Gasteiger partial charge in [-0.3, -0.25) is 4.79 Å². The minimum absolute atomic E-state index is 0.115. The second-order valence-corrected chi connectivity index (χ2v) is 5.66. The molecule has 0 aliphatic heterocycles. The van der Waals surface area contributed by atoms with E-state index in [-0.39, 0.29) is 12.5 Å². The number of benzene rings is 2. The molecule has 0 unspecified atom stereocenters. The summed E-state index contributed by atoms with van der Waals surface area (Å²) in [5.74, 6) is -0.115. The molecular formula is C15H14BrClN2O. The van der Waals surface area contributed by atoms with E-state index in [1.54, 1.807) is 6.07 Å². The van der Waals surface area contributed by atoms with E-state index in [1.807, 2.05) is 43.3 Å². The molecule has 0 aromatic heterocycles. The summed E-state index contributed by atoms with van der Waals surface area (Å²) in [6.45, 7) is 2.11. The van der Waals surface area contributed by atoms with Gasteiger partial charge >= 0.3 is 0 Å². The van der Waals surface area contributed by atoms with Gasteiger partial charge in [-0.25, -0.2) is 0 Å². The molecule has 0 saturated carbocycles. The van der Waals surface area contributed by atoms with Gasteiger partial charge in [-0.15, -0.1) is 0 Å². The van der Waals surface area contributed by atoms with Gasteiger partial charge in [0, 0.05) is 10.2 Å². The van der Waals surface area contributed by atoms with Gasteiger partial charge < -0.3 is 10.6 Å². The van der Waals surface area contributed by atoms with Crippen molar-refractivity contribution in [2.75, 3.05) is 17.2 Å². The summed E-state index contributed by atoms with van der Waals surface area (Å²) >= 11 is 9.40. The number of carbonyl (C=O) groups excluding carboxylic acids is 1. The molecule has 0 aliphatic rings. The molecule has 3 nitrogen and oxygen atoms in total. The second-order valence-electron chi connectivity index (χ2n) is 4.34. The molecule has 0 fully saturated rings. The van der Waals surface area contributed by atoms with Gasteiger partial charge in [0.05, 0.1) is 17.3 Å². The van der Waals surface area contributed by atoms with Gasteiger partial charge in [-0.05, 0) is 42.8 Å². The number of anilines is 2. The van der Waals surface area contributed by atoms with Gasteiger partial charge in [-0.2, -0.15) is 0 Å². The average Bonchev–Trinajstić information content (AvgIpc) is 2.41. The summed E-state index contributed by atoms with van der Waals surface area (Å²) in [4.78, 5) is 11.9. The van der Waals surface area contributed by atoms with Crippen LogP contribution in [-0.2, 0) is 4.79 Å². The summed E-state index contributed by atoms with van der Waals surface area (Å²) in [6, 6.07) is 13.0. The first-order valence-electron chi connectivity index (χ1n) is 6.10. The third kappa shape index (κ3) is 3.99. The number of hydrogen-bond acceptors (Lipinski definition) is 2. The Balaban J connectivity index is 1.94. The number of halogens is 2. The van der Waals surface area contributed by atoms with Crippen molar-refractivity contribution in [3.8, 4) is 0 Å². The zero-order valence-electron chi connectivity index (χ0n) is 10.9. The Morgan fingerprint density at radius 2 is 1.95 bits per heavy atom. The van der Waals surface area contributed by atoms with Crippen molar-refractivity contribution < 1.29 is 4.79 Å². The highest BCUT2D eigenvalue weighted by Crippen LogP contribution is 2.21. The molecule has 2 rings (SSSR count). The molecule has 2 aromatic carbocycles. The lowest BCUT2D eigenvalue weighted by Crippen LogP contribution is -2.22. The van der Waals surface area contributed by atoms with Gasteiger partial charge in [0.25, 0.3) is 0 Å². The number of amides is 1. The Kier molecular flexibility index (Phi) is 5.04. The molecule has 0 aliphatic carbocycles. The third-order valence-corrected chi connectivity index (χ3v) is 3.60. The van der Waals surface area contributed by atoms with Crippen LogP contribution < -0.4 is 10.6 Å². The first-order valence-corrected chi connectivity index (χ1v) is 7.28. The van der Waals surface area contributed by atoms with Gasteiger partial charge in [0.15, 0.2) is 0 Å². The van der Waals surface area contributed by atoms with E-state index in [9.17, 15) is 4.79 Å². The summed E-state index contributed by atoms with van der Waals surface area (Å²) in [5.41, 5.74) is 2.56. The molecule has 0 spiro atoms. The molecule has 0 bridgehead atoms. The number of para-hydroxylation sites is 1. The van der Waals surface area contributed by atoms with Crippen molar-refractivity contribution in [2.45, 2.75) is 6.92 Å². The van der Waals surface area contributed by atoms with Gasteiger partial charge in [0.2, 0.25) is 5.91 Å². The van der Waals surface area contributed by atoms with Crippen molar-refractivity contribution in [2.24, 2.45) is 0 Å². The van der Waals surface area contributed by atoms with Crippen LogP contribution in [0.4, 0.5) is 11.4 Å². The standard InChI is InChI=1S/C15H14BrClN2O/c1-10-8-11(16)6-7-13(10)19-15(20)9-18-14-5-3-2-4-12(14)17/h2-8,18H,9H2,1H3,(H,19,20). The predicted octanol–water partition coefficient (Wildman–Crippen LogP) is 4.46. The van der Waals surface area contributed by atoms with Crippen LogP contribution in [0.15, 0.2) is 46.9 Å². The van der Waals surface area contributed by atoms with E-state index in [0.717, 1.165) is 21.4 Å². The Bertz CT molecular complexity index is 631.